The molecule has 4 nitrogen and oxygen atoms in total. The lowest BCUT2D eigenvalue weighted by Gasteiger charge is -2.14. The highest BCUT2D eigenvalue weighted by Crippen LogP contribution is 2.04. The maximum atomic E-state index is 11.4. The number of likely N-dealkylation sites (N-methyl/N-ethyl adjacent to an activating group) is 1. The number of hydrogen-bond acceptors (Lipinski definition) is 2. The Bertz CT molecular complexity index is 195. The molecule has 0 saturated heterocycles. The van der Waals surface area contributed by atoms with Gasteiger partial charge >= 0.3 is 6.03 Å². The first-order valence-electron chi connectivity index (χ1n) is 6.76. The second-order valence-electron chi connectivity index (χ2n) is 4.97. The van der Waals surface area contributed by atoms with Crippen LogP contribution < -0.4 is 10.6 Å². The molecular weight excluding hydrogens is 214 g/mol. The molecule has 0 atom stereocenters. The maximum absolute atomic E-state index is 11.4. The van der Waals surface area contributed by atoms with Crippen molar-refractivity contribution < 1.29 is 4.79 Å². The quantitative estimate of drug-likeness (QED) is 0.609. The van der Waals surface area contributed by atoms with Crippen molar-refractivity contribution in [1.29, 1.82) is 0 Å². The zero-order chi connectivity index (χ0) is 13.1. The van der Waals surface area contributed by atoms with E-state index in [-0.39, 0.29) is 6.03 Å². The summed E-state index contributed by atoms with van der Waals surface area (Å²) in [5.41, 5.74) is 0. The zero-order valence-electron chi connectivity index (χ0n) is 11.9. The Kier molecular flexibility index (Phi) is 9.92. The normalized spacial score (nSPS) is 10.9. The van der Waals surface area contributed by atoms with Crippen molar-refractivity contribution in [2.24, 2.45) is 5.92 Å². The summed E-state index contributed by atoms with van der Waals surface area (Å²) in [7, 11) is 2.05. The Morgan fingerprint density at radius 1 is 1.18 bits per heavy atom. The number of unbranched alkanes of at least 4 members (excludes halogenated alkanes) is 1. The van der Waals surface area contributed by atoms with E-state index in [2.05, 4.69) is 36.3 Å². The van der Waals surface area contributed by atoms with Gasteiger partial charge in [0, 0.05) is 19.6 Å². The number of rotatable bonds is 9. The van der Waals surface area contributed by atoms with Crippen LogP contribution in [0.1, 0.15) is 40.0 Å². The van der Waals surface area contributed by atoms with Gasteiger partial charge in [-0.15, -0.1) is 0 Å². The average molecular weight is 243 g/mol. The lowest BCUT2D eigenvalue weighted by atomic mass is 10.1. The van der Waals surface area contributed by atoms with E-state index in [1.807, 2.05) is 7.05 Å². The highest BCUT2D eigenvalue weighted by atomic mass is 16.2. The highest BCUT2D eigenvalue weighted by Gasteiger charge is 2.00. The fraction of sp³-hybridized carbons (Fsp3) is 0.923. The largest absolute Gasteiger partial charge is 0.338 e. The Balaban J connectivity index is 3.29. The average Bonchev–Trinajstić information content (AvgIpc) is 2.27. The summed E-state index contributed by atoms with van der Waals surface area (Å²) in [5.74, 6) is 0.758. The molecule has 0 fully saturated rings. The SMILES string of the molecule is CCN(C)CCNC(=O)NCCCCC(C)C. The fourth-order valence-corrected chi connectivity index (χ4v) is 1.46. The molecule has 0 bridgehead atoms. The van der Waals surface area contributed by atoms with Gasteiger partial charge in [-0.3, -0.25) is 0 Å². The standard InChI is InChI=1S/C13H29N3O/c1-5-16(4)11-10-15-13(17)14-9-7-6-8-12(2)3/h12H,5-11H2,1-4H3,(H2,14,15,17). The number of amides is 2. The molecular formula is C13H29N3O. The molecule has 0 rings (SSSR count). The second kappa shape index (κ2) is 10.4. The molecule has 17 heavy (non-hydrogen) atoms. The van der Waals surface area contributed by atoms with Crippen LogP contribution in [-0.4, -0.2) is 44.2 Å². The van der Waals surface area contributed by atoms with Gasteiger partial charge in [0.1, 0.15) is 0 Å². The van der Waals surface area contributed by atoms with Crippen LogP contribution in [-0.2, 0) is 0 Å². The summed E-state index contributed by atoms with van der Waals surface area (Å²) in [6, 6.07) is -0.0425. The minimum absolute atomic E-state index is 0.0425. The van der Waals surface area contributed by atoms with E-state index in [9.17, 15) is 4.79 Å². The Morgan fingerprint density at radius 2 is 1.82 bits per heavy atom. The van der Waals surface area contributed by atoms with Crippen molar-refractivity contribution in [3.05, 3.63) is 0 Å². The smallest absolute Gasteiger partial charge is 0.314 e. The number of carbonyl (C=O) groups excluding carboxylic acids is 1. The van der Waals surface area contributed by atoms with Crippen LogP contribution in [0.2, 0.25) is 0 Å². The Labute approximate surface area is 106 Å². The van der Waals surface area contributed by atoms with Crippen LogP contribution in [0.25, 0.3) is 0 Å². The molecule has 0 spiro atoms. The monoisotopic (exact) mass is 243 g/mol. The Morgan fingerprint density at radius 3 is 2.41 bits per heavy atom. The lowest BCUT2D eigenvalue weighted by molar-refractivity contribution is 0.238. The second-order valence-corrected chi connectivity index (χ2v) is 4.97. The number of nitrogens with zero attached hydrogens (tertiary/aromatic N) is 1. The molecule has 4 heteroatoms. The number of hydrogen-bond donors (Lipinski definition) is 2. The molecule has 0 unspecified atom stereocenters. The van der Waals surface area contributed by atoms with Gasteiger partial charge in [0.25, 0.3) is 0 Å². The lowest BCUT2D eigenvalue weighted by Crippen LogP contribution is -2.39. The van der Waals surface area contributed by atoms with E-state index < -0.39 is 0 Å². The van der Waals surface area contributed by atoms with Gasteiger partial charge in [0.05, 0.1) is 0 Å². The van der Waals surface area contributed by atoms with Crippen LogP contribution in [0, 0.1) is 5.92 Å². The van der Waals surface area contributed by atoms with Crippen LogP contribution in [0.5, 0.6) is 0 Å². The van der Waals surface area contributed by atoms with Crippen molar-refractivity contribution in [2.75, 3.05) is 33.2 Å². The van der Waals surface area contributed by atoms with E-state index in [0.29, 0.717) is 6.54 Å². The summed E-state index contributed by atoms with van der Waals surface area (Å²) in [5, 5.41) is 5.74. The molecule has 0 saturated carbocycles. The Hall–Kier alpha value is -0.770. The molecule has 2 amide bonds. The predicted octanol–water partition coefficient (Wildman–Crippen LogP) is 2.06. The first-order chi connectivity index (χ1) is 8.06. The minimum atomic E-state index is -0.0425. The topological polar surface area (TPSA) is 44.4 Å². The van der Waals surface area contributed by atoms with Gasteiger partial charge in [0.2, 0.25) is 0 Å². The summed E-state index contributed by atoms with van der Waals surface area (Å²) in [6.07, 6.45) is 3.50. The van der Waals surface area contributed by atoms with Gasteiger partial charge in [-0.05, 0) is 25.9 Å². The van der Waals surface area contributed by atoms with Crippen molar-refractivity contribution in [1.82, 2.24) is 15.5 Å². The number of nitrogens with one attached hydrogen (secondary N) is 2. The summed E-state index contributed by atoms with van der Waals surface area (Å²) in [4.78, 5) is 13.5. The zero-order valence-corrected chi connectivity index (χ0v) is 11.9. The molecule has 0 aliphatic rings. The molecule has 102 valence electrons. The third-order valence-corrected chi connectivity index (χ3v) is 2.81. The molecule has 0 radical (unpaired) electrons. The van der Waals surface area contributed by atoms with Crippen LogP contribution >= 0.6 is 0 Å². The van der Waals surface area contributed by atoms with E-state index in [1.54, 1.807) is 0 Å². The van der Waals surface area contributed by atoms with Crippen molar-refractivity contribution in [3.63, 3.8) is 0 Å². The van der Waals surface area contributed by atoms with E-state index in [0.717, 1.165) is 32.0 Å². The predicted molar refractivity (Wildman–Crippen MR) is 73.3 cm³/mol. The van der Waals surface area contributed by atoms with Gasteiger partial charge in [0.15, 0.2) is 0 Å². The van der Waals surface area contributed by atoms with E-state index in [1.165, 1.54) is 12.8 Å². The first kappa shape index (κ1) is 16.2. The van der Waals surface area contributed by atoms with E-state index >= 15 is 0 Å². The first-order valence-corrected chi connectivity index (χ1v) is 6.76. The van der Waals surface area contributed by atoms with Gasteiger partial charge in [-0.2, -0.15) is 0 Å². The van der Waals surface area contributed by atoms with Gasteiger partial charge < -0.3 is 15.5 Å². The summed E-state index contributed by atoms with van der Waals surface area (Å²) in [6.45, 7) is 9.96. The van der Waals surface area contributed by atoms with E-state index in [4.69, 9.17) is 0 Å². The maximum Gasteiger partial charge on any atom is 0.314 e. The third kappa shape index (κ3) is 11.5. The molecule has 0 heterocycles. The number of carbonyl (C=O) groups is 1. The van der Waals surface area contributed by atoms with Crippen LogP contribution in [0.15, 0.2) is 0 Å². The fourth-order valence-electron chi connectivity index (χ4n) is 1.46. The molecule has 0 aliphatic heterocycles. The van der Waals surface area contributed by atoms with Gasteiger partial charge in [-0.25, -0.2) is 4.79 Å². The van der Waals surface area contributed by atoms with Crippen molar-refractivity contribution in [3.8, 4) is 0 Å². The highest BCUT2D eigenvalue weighted by molar-refractivity contribution is 5.73. The third-order valence-electron chi connectivity index (χ3n) is 2.81. The van der Waals surface area contributed by atoms with Crippen molar-refractivity contribution in [2.45, 2.75) is 40.0 Å². The molecule has 0 aliphatic carbocycles. The van der Waals surface area contributed by atoms with Gasteiger partial charge in [-0.1, -0.05) is 33.6 Å². The summed E-state index contributed by atoms with van der Waals surface area (Å²) >= 11 is 0. The molecule has 0 aromatic carbocycles. The summed E-state index contributed by atoms with van der Waals surface area (Å²) < 4.78 is 0. The minimum Gasteiger partial charge on any atom is -0.338 e. The molecule has 0 aromatic rings. The molecule has 2 N–H and O–H groups in total. The molecule has 0 aromatic heterocycles. The van der Waals surface area contributed by atoms with Crippen molar-refractivity contribution >= 4 is 6.03 Å². The number of urea groups is 1. The van der Waals surface area contributed by atoms with Crippen LogP contribution in [0.3, 0.4) is 0 Å². The van der Waals surface area contributed by atoms with Crippen LogP contribution in [0.4, 0.5) is 4.79 Å².